The van der Waals surface area contributed by atoms with Crippen LogP contribution >= 0.6 is 0 Å². The molecule has 2 heteroatoms. The predicted molar refractivity (Wildman–Crippen MR) is 198 cm³/mol. The Balaban J connectivity index is 1.17. The second-order valence-electron chi connectivity index (χ2n) is 13.4. The zero-order valence-electron chi connectivity index (χ0n) is 26.4. The summed E-state index contributed by atoms with van der Waals surface area (Å²) < 4.78 is 4.84. The van der Waals surface area contributed by atoms with Gasteiger partial charge >= 0.3 is 0 Å². The maximum absolute atomic E-state index is 2.45. The number of benzene rings is 7. The molecule has 0 fully saturated rings. The van der Waals surface area contributed by atoms with Gasteiger partial charge in [0.1, 0.15) is 0 Å². The summed E-state index contributed by atoms with van der Waals surface area (Å²) in [5.41, 5.74) is 15.2. The summed E-state index contributed by atoms with van der Waals surface area (Å²) in [6.45, 7) is 4.71. The summed E-state index contributed by atoms with van der Waals surface area (Å²) in [6.07, 6.45) is 0. The van der Waals surface area contributed by atoms with Gasteiger partial charge in [-0.25, -0.2) is 0 Å². The number of aromatic nitrogens is 2. The molecule has 2 aromatic heterocycles. The molecule has 0 spiro atoms. The molecule has 10 rings (SSSR count). The van der Waals surface area contributed by atoms with Crippen LogP contribution in [0.15, 0.2) is 158 Å². The Morgan fingerprint density at radius 2 is 0.936 bits per heavy atom. The van der Waals surface area contributed by atoms with Crippen LogP contribution in [-0.2, 0) is 5.41 Å². The van der Waals surface area contributed by atoms with Crippen LogP contribution in [0.5, 0.6) is 0 Å². The van der Waals surface area contributed by atoms with Gasteiger partial charge in [-0.1, -0.05) is 117 Å². The van der Waals surface area contributed by atoms with Crippen molar-refractivity contribution in [1.82, 2.24) is 9.13 Å². The summed E-state index contributed by atoms with van der Waals surface area (Å²) in [6, 6.07) is 58.1. The smallest absolute Gasteiger partial charge is 0.0547 e. The van der Waals surface area contributed by atoms with Crippen molar-refractivity contribution in [2.24, 2.45) is 0 Å². The van der Waals surface area contributed by atoms with Gasteiger partial charge in [0.15, 0.2) is 0 Å². The lowest BCUT2D eigenvalue weighted by Crippen LogP contribution is -2.15. The second-order valence-corrected chi connectivity index (χ2v) is 13.4. The van der Waals surface area contributed by atoms with E-state index in [0.29, 0.717) is 0 Å². The van der Waals surface area contributed by atoms with Crippen LogP contribution in [0.25, 0.3) is 77.2 Å². The van der Waals surface area contributed by atoms with Crippen LogP contribution in [0.4, 0.5) is 0 Å². The van der Waals surface area contributed by atoms with Crippen LogP contribution in [-0.4, -0.2) is 9.13 Å². The summed E-state index contributed by atoms with van der Waals surface area (Å²) >= 11 is 0. The van der Waals surface area contributed by atoms with Crippen molar-refractivity contribution >= 4 is 43.6 Å². The predicted octanol–water partition coefficient (Wildman–Crippen LogP) is 11.9. The minimum Gasteiger partial charge on any atom is -0.309 e. The maximum Gasteiger partial charge on any atom is 0.0547 e. The molecule has 0 radical (unpaired) electrons. The highest BCUT2D eigenvalue weighted by atomic mass is 15.0. The van der Waals surface area contributed by atoms with Crippen LogP contribution in [0, 0.1) is 0 Å². The average molecular weight is 601 g/mol. The first-order chi connectivity index (χ1) is 23.1. The molecular weight excluding hydrogens is 569 g/mol. The Morgan fingerprint density at radius 3 is 1.74 bits per heavy atom. The Morgan fingerprint density at radius 1 is 0.362 bits per heavy atom. The zero-order chi connectivity index (χ0) is 31.3. The summed E-state index contributed by atoms with van der Waals surface area (Å²) in [7, 11) is 0. The SMILES string of the molecule is CC1(C)c2ccccc2-c2ccc(-n3c4ccccc4c4cc(-c5ccc6c7ccccc7n(-c7ccccc7)c6c5)ccc43)cc21. The molecule has 0 N–H and O–H groups in total. The first-order valence-corrected chi connectivity index (χ1v) is 16.4. The molecular formula is C45H32N2. The van der Waals surface area contributed by atoms with Crippen LogP contribution < -0.4 is 0 Å². The molecule has 0 saturated carbocycles. The van der Waals surface area contributed by atoms with Crippen molar-refractivity contribution in [3.63, 3.8) is 0 Å². The van der Waals surface area contributed by atoms with Crippen molar-refractivity contribution in [3.05, 3.63) is 169 Å². The highest BCUT2D eigenvalue weighted by molar-refractivity contribution is 6.12. The van der Waals surface area contributed by atoms with Crippen LogP contribution in [0.3, 0.4) is 0 Å². The topological polar surface area (TPSA) is 9.86 Å². The molecule has 47 heavy (non-hydrogen) atoms. The Hall–Kier alpha value is -5.86. The largest absolute Gasteiger partial charge is 0.309 e. The molecule has 9 aromatic rings. The second kappa shape index (κ2) is 9.57. The highest BCUT2D eigenvalue weighted by Crippen LogP contribution is 2.49. The summed E-state index contributed by atoms with van der Waals surface area (Å²) in [5.74, 6) is 0. The molecule has 0 saturated heterocycles. The van der Waals surface area contributed by atoms with Gasteiger partial charge in [0.05, 0.1) is 22.1 Å². The normalized spacial score (nSPS) is 13.5. The van der Waals surface area contributed by atoms with E-state index >= 15 is 0 Å². The van der Waals surface area contributed by atoms with Crippen molar-refractivity contribution in [2.45, 2.75) is 19.3 Å². The summed E-state index contributed by atoms with van der Waals surface area (Å²) in [4.78, 5) is 0. The minimum absolute atomic E-state index is 0.0469. The van der Waals surface area contributed by atoms with Crippen molar-refractivity contribution in [2.75, 3.05) is 0 Å². The van der Waals surface area contributed by atoms with E-state index in [1.807, 2.05) is 0 Å². The molecule has 0 bridgehead atoms. The van der Waals surface area contributed by atoms with E-state index in [2.05, 4.69) is 181 Å². The van der Waals surface area contributed by atoms with Crippen molar-refractivity contribution in [1.29, 1.82) is 0 Å². The van der Waals surface area contributed by atoms with Gasteiger partial charge in [-0.15, -0.1) is 0 Å². The highest BCUT2D eigenvalue weighted by Gasteiger charge is 2.35. The minimum atomic E-state index is -0.0469. The van der Waals surface area contributed by atoms with E-state index in [1.165, 1.54) is 88.4 Å². The van der Waals surface area contributed by atoms with Gasteiger partial charge in [-0.3, -0.25) is 0 Å². The first kappa shape index (κ1) is 26.4. The Bertz CT molecular complexity index is 2700. The fourth-order valence-corrected chi connectivity index (χ4v) is 8.27. The van der Waals surface area contributed by atoms with Crippen molar-refractivity contribution < 1.29 is 0 Å². The van der Waals surface area contributed by atoms with Gasteiger partial charge in [0, 0.05) is 38.3 Å². The van der Waals surface area contributed by atoms with E-state index in [4.69, 9.17) is 0 Å². The Labute approximate surface area is 273 Å². The van der Waals surface area contributed by atoms with Crippen molar-refractivity contribution in [3.8, 4) is 33.6 Å². The van der Waals surface area contributed by atoms with E-state index < -0.39 is 0 Å². The molecule has 0 atom stereocenters. The number of para-hydroxylation sites is 3. The van der Waals surface area contributed by atoms with E-state index in [0.717, 1.165) is 0 Å². The van der Waals surface area contributed by atoms with E-state index in [-0.39, 0.29) is 5.41 Å². The number of hydrogen-bond acceptors (Lipinski definition) is 0. The fourth-order valence-electron chi connectivity index (χ4n) is 8.27. The molecule has 0 amide bonds. The lowest BCUT2D eigenvalue weighted by atomic mass is 9.82. The Kier molecular flexibility index (Phi) is 5.37. The molecule has 7 aromatic carbocycles. The van der Waals surface area contributed by atoms with Gasteiger partial charge < -0.3 is 9.13 Å². The number of nitrogens with zero attached hydrogens (tertiary/aromatic N) is 2. The third-order valence-electron chi connectivity index (χ3n) is 10.5. The monoisotopic (exact) mass is 600 g/mol. The van der Waals surface area contributed by atoms with E-state index in [9.17, 15) is 0 Å². The number of rotatable bonds is 3. The molecule has 1 aliphatic carbocycles. The van der Waals surface area contributed by atoms with Gasteiger partial charge in [-0.05, 0) is 88.0 Å². The van der Waals surface area contributed by atoms with Gasteiger partial charge in [0.25, 0.3) is 0 Å². The van der Waals surface area contributed by atoms with Crippen LogP contribution in [0.2, 0.25) is 0 Å². The maximum atomic E-state index is 2.45. The first-order valence-electron chi connectivity index (χ1n) is 16.4. The standard InChI is InChI=1S/C45H32N2/c1-45(2)39-17-9-6-14-33(39)34-24-22-32(28-40(34)45)47-42-19-11-8-16-36(42)38-26-29(21-25-43(38)47)30-20-23-37-35-15-7-10-18-41(35)46(44(37)27-30)31-12-4-3-5-13-31/h3-28H,1-2H3. The molecule has 0 unspecified atom stereocenters. The number of fused-ring (bicyclic) bond motifs is 9. The summed E-state index contributed by atoms with van der Waals surface area (Å²) in [5, 5.41) is 5.08. The third-order valence-corrected chi connectivity index (χ3v) is 10.5. The number of hydrogen-bond donors (Lipinski definition) is 0. The fraction of sp³-hybridized carbons (Fsp3) is 0.0667. The van der Waals surface area contributed by atoms with Gasteiger partial charge in [0.2, 0.25) is 0 Å². The quantitative estimate of drug-likeness (QED) is 0.191. The molecule has 0 aliphatic heterocycles. The third kappa shape index (κ3) is 3.67. The van der Waals surface area contributed by atoms with E-state index in [1.54, 1.807) is 0 Å². The zero-order valence-corrected chi connectivity index (χ0v) is 26.4. The molecule has 2 heterocycles. The molecule has 1 aliphatic rings. The average Bonchev–Trinajstić information content (AvgIpc) is 3.71. The molecule has 222 valence electrons. The molecule has 2 nitrogen and oxygen atoms in total. The van der Waals surface area contributed by atoms with Crippen LogP contribution in [0.1, 0.15) is 25.0 Å². The van der Waals surface area contributed by atoms with Gasteiger partial charge in [-0.2, -0.15) is 0 Å². The lowest BCUT2D eigenvalue weighted by molar-refractivity contribution is 0.660. The lowest BCUT2D eigenvalue weighted by Gasteiger charge is -2.22.